The minimum Gasteiger partial charge on any atom is -0.399 e. The van der Waals surface area contributed by atoms with E-state index in [1.54, 1.807) is 0 Å². The molecule has 7 nitrogen and oxygen atoms in total. The summed E-state index contributed by atoms with van der Waals surface area (Å²) in [5, 5.41) is 4.77. The van der Waals surface area contributed by atoms with E-state index >= 15 is 0 Å². The second-order valence-electron chi connectivity index (χ2n) is 12.0. The minimum atomic E-state index is -0.325. The number of aromatic nitrogens is 3. The van der Waals surface area contributed by atoms with Gasteiger partial charge in [-0.1, -0.05) is 32.9 Å². The number of hydrogen-bond acceptors (Lipinski definition) is 6. The van der Waals surface area contributed by atoms with Crippen molar-refractivity contribution in [2.24, 2.45) is 5.92 Å². The molecule has 2 fully saturated rings. The van der Waals surface area contributed by atoms with Crippen LogP contribution in [-0.2, 0) is 9.31 Å². The zero-order valence-corrected chi connectivity index (χ0v) is 24.0. The van der Waals surface area contributed by atoms with E-state index in [9.17, 15) is 0 Å². The molecule has 0 bridgehead atoms. The first-order valence-corrected chi connectivity index (χ1v) is 14.0. The lowest BCUT2D eigenvalue weighted by Gasteiger charge is -2.37. The van der Waals surface area contributed by atoms with E-state index in [2.05, 4.69) is 112 Å². The number of rotatable bonds is 7. The van der Waals surface area contributed by atoms with Crippen LogP contribution in [0.3, 0.4) is 0 Å². The summed E-state index contributed by atoms with van der Waals surface area (Å²) >= 11 is 0. The number of anilines is 2. The highest BCUT2D eigenvalue weighted by molar-refractivity contribution is 6.62. The van der Waals surface area contributed by atoms with Crippen molar-refractivity contribution in [3.05, 3.63) is 54.9 Å². The van der Waals surface area contributed by atoms with Gasteiger partial charge < -0.3 is 19.1 Å². The molecular formula is C30H42BN5O2. The Morgan fingerprint density at radius 1 is 0.816 bits per heavy atom. The van der Waals surface area contributed by atoms with Crippen LogP contribution >= 0.6 is 0 Å². The Hall–Kier alpha value is -2.84. The fraction of sp³-hybridized carbons (Fsp3) is 0.533. The van der Waals surface area contributed by atoms with Crippen LogP contribution in [0, 0.1) is 5.92 Å². The Labute approximate surface area is 228 Å². The van der Waals surface area contributed by atoms with Crippen LogP contribution in [0.4, 0.5) is 11.4 Å². The molecule has 2 aliphatic heterocycles. The Morgan fingerprint density at radius 3 is 1.79 bits per heavy atom. The molecule has 5 rings (SSSR count). The molecule has 0 aliphatic carbocycles. The predicted molar refractivity (Wildman–Crippen MR) is 156 cm³/mol. The zero-order chi connectivity index (χ0) is 27.1. The van der Waals surface area contributed by atoms with E-state index in [-0.39, 0.29) is 18.3 Å². The summed E-state index contributed by atoms with van der Waals surface area (Å²) < 4.78 is 14.4. The summed E-state index contributed by atoms with van der Waals surface area (Å²) in [5.41, 5.74) is 3.97. The largest absolute Gasteiger partial charge is 0.494 e. The van der Waals surface area contributed by atoms with E-state index < -0.39 is 0 Å². The summed E-state index contributed by atoms with van der Waals surface area (Å²) in [6.07, 6.45) is 2.92. The number of benzene rings is 2. The SMILES string of the molecule is CC[C@@H](C(C)C)n1cnc(-c2ccc(N3CCN(c4ccc(B5OC(C)(C)C(C)(C)O5)cc4)CC3)cc2)n1. The Kier molecular flexibility index (Phi) is 7.31. The van der Waals surface area contributed by atoms with E-state index in [1.165, 1.54) is 11.4 Å². The van der Waals surface area contributed by atoms with Crippen molar-refractivity contribution in [2.75, 3.05) is 36.0 Å². The summed E-state index contributed by atoms with van der Waals surface area (Å²) in [6.45, 7) is 19.0. The highest BCUT2D eigenvalue weighted by Crippen LogP contribution is 2.36. The smallest absolute Gasteiger partial charge is 0.399 e. The standard InChI is InChI=1S/C30H42BN5O2/c1-8-27(22(2)3)36-21-32-28(33-36)23-9-13-25(14-10-23)34-17-19-35(20-18-34)26-15-11-24(12-16-26)31-37-29(4,5)30(6,7)38-31/h9-16,21-22,27H,8,17-20H2,1-7H3/t27-/m0/s1. The van der Waals surface area contributed by atoms with Crippen molar-refractivity contribution < 1.29 is 9.31 Å². The summed E-state index contributed by atoms with van der Waals surface area (Å²) in [6, 6.07) is 17.7. The molecular weight excluding hydrogens is 473 g/mol. The van der Waals surface area contributed by atoms with E-state index in [0.717, 1.165) is 49.5 Å². The van der Waals surface area contributed by atoms with Gasteiger partial charge in [0.25, 0.3) is 0 Å². The van der Waals surface area contributed by atoms with Crippen LogP contribution in [-0.4, -0.2) is 59.3 Å². The molecule has 1 aromatic heterocycles. The molecule has 202 valence electrons. The van der Waals surface area contributed by atoms with Crippen LogP contribution in [0.2, 0.25) is 0 Å². The van der Waals surface area contributed by atoms with Crippen LogP contribution in [0.5, 0.6) is 0 Å². The maximum Gasteiger partial charge on any atom is 0.494 e. The highest BCUT2D eigenvalue weighted by atomic mass is 16.7. The van der Waals surface area contributed by atoms with Gasteiger partial charge in [-0.25, -0.2) is 9.67 Å². The molecule has 2 aromatic carbocycles. The third-order valence-electron chi connectivity index (χ3n) is 8.59. The fourth-order valence-electron chi connectivity index (χ4n) is 5.40. The van der Waals surface area contributed by atoms with Crippen molar-refractivity contribution in [3.8, 4) is 11.4 Å². The van der Waals surface area contributed by atoms with E-state index in [1.807, 2.05) is 11.0 Å². The Morgan fingerprint density at radius 2 is 1.32 bits per heavy atom. The average molecular weight is 516 g/mol. The summed E-state index contributed by atoms with van der Waals surface area (Å²) in [7, 11) is -0.318. The predicted octanol–water partition coefficient (Wildman–Crippen LogP) is 5.18. The molecule has 8 heteroatoms. The third kappa shape index (κ3) is 5.21. The molecule has 38 heavy (non-hydrogen) atoms. The monoisotopic (exact) mass is 515 g/mol. The molecule has 0 spiro atoms. The lowest BCUT2D eigenvalue weighted by atomic mass is 9.79. The molecule has 0 unspecified atom stereocenters. The number of nitrogens with zero attached hydrogens (tertiary/aromatic N) is 5. The molecule has 3 heterocycles. The van der Waals surface area contributed by atoms with Gasteiger partial charge in [0, 0.05) is 43.1 Å². The zero-order valence-electron chi connectivity index (χ0n) is 24.0. The summed E-state index contributed by atoms with van der Waals surface area (Å²) in [5.74, 6) is 1.33. The Bertz CT molecular complexity index is 1200. The number of hydrogen-bond donors (Lipinski definition) is 0. The maximum atomic E-state index is 6.21. The molecule has 0 amide bonds. The fourth-order valence-corrected chi connectivity index (χ4v) is 5.40. The van der Waals surface area contributed by atoms with Gasteiger partial charge in [-0.05, 0) is 81.9 Å². The quantitative estimate of drug-likeness (QED) is 0.405. The molecule has 1 atom stereocenters. The molecule has 0 N–H and O–H groups in total. The van der Waals surface area contributed by atoms with E-state index in [0.29, 0.717) is 12.0 Å². The molecule has 0 saturated carbocycles. The Balaban J connectivity index is 1.17. The minimum absolute atomic E-state index is 0.318. The first-order chi connectivity index (χ1) is 18.1. The van der Waals surface area contributed by atoms with Crippen molar-refractivity contribution in [1.82, 2.24) is 14.8 Å². The van der Waals surface area contributed by atoms with Crippen LogP contribution in [0.1, 0.15) is 60.9 Å². The van der Waals surface area contributed by atoms with Crippen molar-refractivity contribution in [3.63, 3.8) is 0 Å². The maximum absolute atomic E-state index is 6.21. The molecule has 2 aliphatic rings. The number of piperazine rings is 1. The molecule has 0 radical (unpaired) electrons. The average Bonchev–Trinajstić information content (AvgIpc) is 3.46. The van der Waals surface area contributed by atoms with Crippen molar-refractivity contribution >= 4 is 24.0 Å². The van der Waals surface area contributed by atoms with Gasteiger partial charge in [0.1, 0.15) is 6.33 Å². The summed E-state index contributed by atoms with van der Waals surface area (Å²) in [4.78, 5) is 9.49. The van der Waals surface area contributed by atoms with Crippen molar-refractivity contribution in [2.45, 2.75) is 72.1 Å². The van der Waals surface area contributed by atoms with Crippen molar-refractivity contribution in [1.29, 1.82) is 0 Å². The third-order valence-corrected chi connectivity index (χ3v) is 8.59. The van der Waals surface area contributed by atoms with Crippen LogP contribution < -0.4 is 15.3 Å². The van der Waals surface area contributed by atoms with E-state index in [4.69, 9.17) is 14.4 Å². The van der Waals surface area contributed by atoms with Gasteiger partial charge in [0.2, 0.25) is 0 Å². The topological polar surface area (TPSA) is 55.7 Å². The lowest BCUT2D eigenvalue weighted by molar-refractivity contribution is 0.00578. The van der Waals surface area contributed by atoms with Crippen LogP contribution in [0.25, 0.3) is 11.4 Å². The van der Waals surface area contributed by atoms with Gasteiger partial charge in [-0.15, -0.1) is 0 Å². The molecule has 3 aromatic rings. The van der Waals surface area contributed by atoms with Gasteiger partial charge in [-0.2, -0.15) is 5.10 Å². The first kappa shape index (κ1) is 26.8. The lowest BCUT2D eigenvalue weighted by Crippen LogP contribution is -2.46. The van der Waals surface area contributed by atoms with Gasteiger partial charge in [0.15, 0.2) is 5.82 Å². The normalized spacial score (nSPS) is 19.8. The van der Waals surface area contributed by atoms with Gasteiger partial charge >= 0.3 is 7.12 Å². The first-order valence-electron chi connectivity index (χ1n) is 14.0. The molecule has 2 saturated heterocycles. The van der Waals surface area contributed by atoms with Gasteiger partial charge in [-0.3, -0.25) is 0 Å². The van der Waals surface area contributed by atoms with Crippen LogP contribution in [0.15, 0.2) is 54.9 Å². The van der Waals surface area contributed by atoms with Gasteiger partial charge in [0.05, 0.1) is 17.2 Å². The second kappa shape index (κ2) is 10.4. The second-order valence-corrected chi connectivity index (χ2v) is 12.0. The highest BCUT2D eigenvalue weighted by Gasteiger charge is 2.51.